The Kier molecular flexibility index (Phi) is 16.1. The largest absolute Gasteiger partial charge is 0.395 e. The number of hydrogen-bond acceptors (Lipinski definition) is 5. The molecule has 1 fully saturated rings. The molecule has 0 amide bonds. The minimum absolute atomic E-state index is 0. The monoisotopic (exact) mass is 395 g/mol. The number of nitrogens with one attached hydrogen (secondary N) is 1. The second-order valence-electron chi connectivity index (χ2n) is 7.71. The molecule has 6 heteroatoms. The van der Waals surface area contributed by atoms with E-state index in [1.807, 2.05) is 0 Å². The van der Waals surface area contributed by atoms with E-state index in [9.17, 15) is 15.3 Å². The van der Waals surface area contributed by atoms with Crippen LogP contribution in [0, 0.1) is 0 Å². The molecule has 158 valence electrons. The fourth-order valence-corrected chi connectivity index (χ4v) is 3.77. The summed E-state index contributed by atoms with van der Waals surface area (Å²) in [7, 11) is 0. The first-order chi connectivity index (χ1) is 12.1. The smallest absolute Gasteiger partial charge is 0.0993 e. The third-order valence-corrected chi connectivity index (χ3v) is 5.50. The number of hydrogen-bond donors (Lipinski definition) is 5. The van der Waals surface area contributed by atoms with Gasteiger partial charge >= 0.3 is 0 Å². The first kappa shape index (κ1) is 26.1. The zero-order chi connectivity index (χ0) is 18.5. The lowest BCUT2D eigenvalue weighted by molar-refractivity contribution is -0.00443. The normalized spacial score (nSPS) is 26.7. The maximum Gasteiger partial charge on any atom is 0.0993 e. The average molecular weight is 396 g/mol. The van der Waals surface area contributed by atoms with Gasteiger partial charge in [-0.2, -0.15) is 0 Å². The number of rotatable bonds is 15. The Morgan fingerprint density at radius 2 is 1.23 bits per heavy atom. The highest BCUT2D eigenvalue weighted by molar-refractivity contribution is 5.85. The predicted molar refractivity (Wildman–Crippen MR) is 109 cm³/mol. The van der Waals surface area contributed by atoms with Crippen molar-refractivity contribution in [2.75, 3.05) is 6.61 Å². The van der Waals surface area contributed by atoms with Crippen LogP contribution in [0.3, 0.4) is 0 Å². The second-order valence-corrected chi connectivity index (χ2v) is 7.71. The Labute approximate surface area is 166 Å². The quantitative estimate of drug-likeness (QED) is 0.275. The molecule has 0 aromatic rings. The number of halogens is 1. The Morgan fingerprint density at radius 1 is 0.769 bits per heavy atom. The molecule has 1 saturated heterocycles. The lowest BCUT2D eigenvalue weighted by Crippen LogP contribution is -2.44. The Bertz CT molecular complexity index is 322. The van der Waals surface area contributed by atoms with Crippen LogP contribution >= 0.6 is 12.4 Å². The van der Waals surface area contributed by atoms with E-state index in [0.29, 0.717) is 6.42 Å². The van der Waals surface area contributed by atoms with Crippen molar-refractivity contribution in [3.05, 3.63) is 0 Å². The van der Waals surface area contributed by atoms with Crippen LogP contribution < -0.4 is 5.32 Å². The van der Waals surface area contributed by atoms with Gasteiger partial charge in [0, 0.05) is 0 Å². The van der Waals surface area contributed by atoms with Gasteiger partial charge in [0.2, 0.25) is 0 Å². The van der Waals surface area contributed by atoms with Crippen molar-refractivity contribution < 1.29 is 20.4 Å². The zero-order valence-electron chi connectivity index (χ0n) is 16.5. The van der Waals surface area contributed by atoms with Gasteiger partial charge in [0.25, 0.3) is 0 Å². The minimum Gasteiger partial charge on any atom is -0.395 e. The van der Waals surface area contributed by atoms with Crippen molar-refractivity contribution >= 4 is 12.4 Å². The fourth-order valence-electron chi connectivity index (χ4n) is 3.77. The van der Waals surface area contributed by atoms with Crippen molar-refractivity contribution in [3.8, 4) is 0 Å². The van der Waals surface area contributed by atoms with Crippen LogP contribution in [-0.4, -0.2) is 57.4 Å². The Morgan fingerprint density at radius 3 is 1.65 bits per heavy atom. The summed E-state index contributed by atoms with van der Waals surface area (Å²) in [5, 5.41) is 42.0. The number of unbranched alkanes of at least 4 members (excludes halogenated alkanes) is 11. The van der Waals surface area contributed by atoms with Gasteiger partial charge in [-0.15, -0.1) is 12.4 Å². The highest BCUT2D eigenvalue weighted by Crippen LogP contribution is 2.20. The highest BCUT2D eigenvalue weighted by atomic mass is 35.5. The topological polar surface area (TPSA) is 93.0 Å². The molecule has 0 bridgehead atoms. The molecule has 0 spiro atoms. The summed E-state index contributed by atoms with van der Waals surface area (Å²) < 4.78 is 0. The van der Waals surface area contributed by atoms with E-state index < -0.39 is 30.4 Å². The molecular weight excluding hydrogens is 354 g/mol. The Balaban J connectivity index is 0.00000625. The molecule has 5 atom stereocenters. The van der Waals surface area contributed by atoms with Crippen LogP contribution in [0.5, 0.6) is 0 Å². The van der Waals surface area contributed by atoms with Gasteiger partial charge in [-0.05, 0) is 6.42 Å². The van der Waals surface area contributed by atoms with Crippen LogP contribution in [0.4, 0.5) is 0 Å². The molecule has 0 aromatic heterocycles. The van der Waals surface area contributed by atoms with Gasteiger partial charge in [0.15, 0.2) is 0 Å². The van der Waals surface area contributed by atoms with Crippen LogP contribution in [-0.2, 0) is 0 Å². The van der Waals surface area contributed by atoms with E-state index in [1.54, 1.807) is 0 Å². The van der Waals surface area contributed by atoms with E-state index in [0.717, 1.165) is 12.8 Å². The maximum atomic E-state index is 10.2. The van der Waals surface area contributed by atoms with Crippen LogP contribution in [0.2, 0.25) is 0 Å². The molecule has 0 unspecified atom stereocenters. The number of aliphatic hydroxyl groups excluding tert-OH is 4. The first-order valence-electron chi connectivity index (χ1n) is 10.5. The summed E-state index contributed by atoms with van der Waals surface area (Å²) >= 11 is 0. The third-order valence-electron chi connectivity index (χ3n) is 5.50. The van der Waals surface area contributed by atoms with Crippen LogP contribution in [0.25, 0.3) is 0 Å². The molecule has 1 aliphatic rings. The zero-order valence-corrected chi connectivity index (χ0v) is 17.3. The minimum atomic E-state index is -1.01. The lowest BCUT2D eigenvalue weighted by Gasteiger charge is -2.22. The van der Waals surface area contributed by atoms with Crippen molar-refractivity contribution in [2.45, 2.75) is 121 Å². The summed E-state index contributed by atoms with van der Waals surface area (Å²) in [4.78, 5) is 0. The highest BCUT2D eigenvalue weighted by Gasteiger charge is 2.43. The standard InChI is InChI=1S/C20H41NO4.ClH/c1-2-3-4-5-6-7-8-9-10-11-12-13-14-17(23)18-20(25)19(24)16(15-22)21-18;/h16-25H,2-15H2,1H3;1H/t16-,17-,18-,19-,20-;/m1./s1. The molecule has 0 aromatic carbocycles. The SMILES string of the molecule is CCCCCCCCCCCCCC[C@@H](O)[C@H]1N[C@H](CO)[C@@H](O)[C@@H]1O.Cl. The molecule has 0 radical (unpaired) electrons. The van der Waals surface area contributed by atoms with Crippen molar-refractivity contribution in [3.63, 3.8) is 0 Å². The van der Waals surface area contributed by atoms with Crippen molar-refractivity contribution in [1.82, 2.24) is 5.32 Å². The van der Waals surface area contributed by atoms with Gasteiger partial charge < -0.3 is 25.7 Å². The van der Waals surface area contributed by atoms with Gasteiger partial charge in [-0.25, -0.2) is 0 Å². The third kappa shape index (κ3) is 9.86. The van der Waals surface area contributed by atoms with Crippen LogP contribution in [0.15, 0.2) is 0 Å². The second kappa shape index (κ2) is 16.1. The molecule has 1 heterocycles. The van der Waals surface area contributed by atoms with Crippen molar-refractivity contribution in [2.24, 2.45) is 0 Å². The molecule has 5 N–H and O–H groups in total. The average Bonchev–Trinajstić information content (AvgIpc) is 2.90. The van der Waals surface area contributed by atoms with E-state index in [1.165, 1.54) is 64.2 Å². The predicted octanol–water partition coefficient (Wildman–Crippen LogP) is 2.91. The van der Waals surface area contributed by atoms with E-state index in [4.69, 9.17) is 5.11 Å². The summed E-state index contributed by atoms with van der Waals surface area (Å²) in [6.45, 7) is 2.01. The van der Waals surface area contributed by atoms with Crippen LogP contribution in [0.1, 0.15) is 90.4 Å². The van der Waals surface area contributed by atoms with E-state index in [2.05, 4.69) is 12.2 Å². The van der Waals surface area contributed by atoms with Gasteiger partial charge in [0.05, 0.1) is 37.0 Å². The molecule has 1 aliphatic heterocycles. The number of aliphatic hydroxyl groups is 4. The molecule has 5 nitrogen and oxygen atoms in total. The van der Waals surface area contributed by atoms with Gasteiger partial charge in [0.1, 0.15) is 0 Å². The maximum absolute atomic E-state index is 10.2. The Hall–Kier alpha value is 0.0900. The lowest BCUT2D eigenvalue weighted by atomic mass is 9.98. The van der Waals surface area contributed by atoms with E-state index >= 15 is 0 Å². The summed E-state index contributed by atoms with van der Waals surface area (Å²) in [5.74, 6) is 0. The first-order valence-corrected chi connectivity index (χ1v) is 10.5. The molecule has 0 saturated carbocycles. The molecule has 26 heavy (non-hydrogen) atoms. The molecular formula is C20H42ClNO4. The molecule has 1 rings (SSSR count). The molecule has 0 aliphatic carbocycles. The fraction of sp³-hybridized carbons (Fsp3) is 1.00. The summed E-state index contributed by atoms with van der Waals surface area (Å²) in [6, 6.07) is -1.09. The van der Waals surface area contributed by atoms with Crippen molar-refractivity contribution in [1.29, 1.82) is 0 Å². The van der Waals surface area contributed by atoms with Gasteiger partial charge in [-0.1, -0.05) is 84.0 Å². The van der Waals surface area contributed by atoms with E-state index in [-0.39, 0.29) is 19.0 Å². The summed E-state index contributed by atoms with van der Waals surface area (Å²) in [6.07, 6.45) is 13.3. The van der Waals surface area contributed by atoms with Gasteiger partial charge in [-0.3, -0.25) is 0 Å². The summed E-state index contributed by atoms with van der Waals surface area (Å²) in [5.41, 5.74) is 0.